The van der Waals surface area contributed by atoms with Crippen molar-refractivity contribution in [3.05, 3.63) is 77.1 Å². The number of rotatable bonds is 0. The van der Waals surface area contributed by atoms with Crippen molar-refractivity contribution in [1.29, 1.82) is 0 Å². The van der Waals surface area contributed by atoms with Crippen LogP contribution in [0, 0.1) is 0 Å². The molecule has 2 nitrogen and oxygen atoms in total. The van der Waals surface area contributed by atoms with Crippen LogP contribution in [0.15, 0.2) is 54.9 Å². The molecule has 1 N–H and O–H groups in total. The van der Waals surface area contributed by atoms with Crippen molar-refractivity contribution >= 4 is 21.8 Å². The second-order valence-electron chi connectivity index (χ2n) is 6.50. The highest BCUT2D eigenvalue weighted by Gasteiger charge is 2.13. The zero-order valence-electron chi connectivity index (χ0n) is 13.0. The van der Waals surface area contributed by atoms with Crippen LogP contribution in [0.5, 0.6) is 0 Å². The number of nitrogens with one attached hydrogen (secondary N) is 1. The molecule has 2 aromatic carbocycles. The van der Waals surface area contributed by atoms with E-state index in [9.17, 15) is 0 Å². The number of benzene rings is 2. The maximum atomic E-state index is 4.28. The summed E-state index contributed by atoms with van der Waals surface area (Å²) in [4.78, 5) is 7.90. The first-order valence-corrected chi connectivity index (χ1v) is 8.32. The first-order chi connectivity index (χ1) is 11.4. The molecule has 0 unspecified atom stereocenters. The molecule has 8 rings (SSSR count). The molecule has 23 heavy (non-hydrogen) atoms. The van der Waals surface area contributed by atoms with E-state index in [1.54, 1.807) is 0 Å². The normalized spacial score (nSPS) is 14.3. The summed E-state index contributed by atoms with van der Waals surface area (Å²) < 4.78 is 0. The average Bonchev–Trinajstić information content (AvgIpc) is 2.97. The van der Waals surface area contributed by atoms with Crippen LogP contribution in [0.4, 0.5) is 0 Å². The first-order valence-electron chi connectivity index (χ1n) is 8.32. The highest BCUT2D eigenvalue weighted by Crippen LogP contribution is 2.32. The summed E-state index contributed by atoms with van der Waals surface area (Å²) >= 11 is 0. The lowest BCUT2D eigenvalue weighted by atomic mass is 9.93. The van der Waals surface area contributed by atoms with Crippen LogP contribution in [-0.4, -0.2) is 9.97 Å². The minimum atomic E-state index is 1.07. The first kappa shape index (κ1) is 12.9. The van der Waals surface area contributed by atoms with Crippen molar-refractivity contribution in [1.82, 2.24) is 9.97 Å². The highest BCUT2D eigenvalue weighted by atomic mass is 14.7. The summed E-state index contributed by atoms with van der Waals surface area (Å²) in [6, 6.07) is 15.9. The molecule has 0 amide bonds. The topological polar surface area (TPSA) is 28.7 Å². The third kappa shape index (κ3) is 2.06. The van der Waals surface area contributed by atoms with Crippen LogP contribution < -0.4 is 0 Å². The number of aromatic nitrogens is 2. The van der Waals surface area contributed by atoms with Gasteiger partial charge >= 0.3 is 0 Å². The molecule has 0 saturated carbocycles. The van der Waals surface area contributed by atoms with Gasteiger partial charge in [0, 0.05) is 17.0 Å². The Morgan fingerprint density at radius 2 is 1.43 bits per heavy atom. The summed E-state index contributed by atoms with van der Waals surface area (Å²) in [7, 11) is 0. The smallest absolute Gasteiger partial charge is 0.0651 e. The van der Waals surface area contributed by atoms with Gasteiger partial charge < -0.3 is 4.98 Å². The van der Waals surface area contributed by atoms with E-state index in [0.717, 1.165) is 31.2 Å². The molecule has 4 aliphatic carbocycles. The Hall–Kier alpha value is -2.61. The van der Waals surface area contributed by atoms with E-state index in [2.05, 4.69) is 52.4 Å². The molecule has 0 radical (unpaired) electrons. The van der Waals surface area contributed by atoms with Crippen molar-refractivity contribution in [3.63, 3.8) is 0 Å². The molecule has 4 aliphatic rings. The van der Waals surface area contributed by atoms with Crippen molar-refractivity contribution in [2.45, 2.75) is 25.7 Å². The number of H-pyrrole nitrogens is 1. The van der Waals surface area contributed by atoms with Crippen LogP contribution in [0.2, 0.25) is 0 Å². The van der Waals surface area contributed by atoms with Gasteiger partial charge in [-0.1, -0.05) is 36.4 Å². The fraction of sp³-hybridized carbons (Fsp3) is 0.190. The Balaban J connectivity index is 1.79. The van der Waals surface area contributed by atoms with Gasteiger partial charge in [0.25, 0.3) is 0 Å². The second kappa shape index (κ2) is 4.95. The van der Waals surface area contributed by atoms with E-state index in [4.69, 9.17) is 0 Å². The Morgan fingerprint density at radius 1 is 0.739 bits per heavy atom. The summed E-state index contributed by atoms with van der Waals surface area (Å²) in [5.74, 6) is 0. The Labute approximate surface area is 135 Å². The molecule has 2 heteroatoms. The molecular weight excluding hydrogens is 280 g/mol. The highest BCUT2D eigenvalue weighted by molar-refractivity contribution is 6.09. The molecule has 0 spiro atoms. The van der Waals surface area contributed by atoms with Gasteiger partial charge in [-0.25, -0.2) is 0 Å². The SMILES string of the molecule is c1cc2c(cn1)[nH]c1c3ccc(c12)CCc1ccc(cc1)CC3. The molecule has 0 aliphatic heterocycles. The van der Waals surface area contributed by atoms with Crippen molar-refractivity contribution in [2.24, 2.45) is 0 Å². The lowest BCUT2D eigenvalue weighted by molar-refractivity contribution is 0.933. The van der Waals surface area contributed by atoms with Crippen LogP contribution in [0.25, 0.3) is 21.8 Å². The molecule has 0 saturated heterocycles. The third-order valence-corrected chi connectivity index (χ3v) is 5.12. The summed E-state index contributed by atoms with van der Waals surface area (Å²) in [5.41, 5.74) is 8.14. The molecule has 112 valence electrons. The molecule has 2 aromatic heterocycles. The van der Waals surface area contributed by atoms with Crippen LogP contribution in [-0.2, 0) is 25.7 Å². The third-order valence-electron chi connectivity index (χ3n) is 5.12. The fourth-order valence-electron chi connectivity index (χ4n) is 3.83. The van der Waals surface area contributed by atoms with Gasteiger partial charge in [0.1, 0.15) is 0 Å². The number of nitrogens with zero attached hydrogens (tertiary/aromatic N) is 1. The van der Waals surface area contributed by atoms with Crippen LogP contribution >= 0.6 is 0 Å². The number of fused-ring (bicyclic) bond motifs is 1. The standard InChI is InChI=1S/C21H18N2/c1-3-15-4-2-14(1)5-7-16-9-10-17(8-6-15)21-20(16)18-11-12-22-13-19(18)23-21/h1-4,9-13,23H,5-8H2. The van der Waals surface area contributed by atoms with Gasteiger partial charge in [-0.2, -0.15) is 0 Å². The van der Waals surface area contributed by atoms with E-state index in [1.165, 1.54) is 38.5 Å². The van der Waals surface area contributed by atoms with Gasteiger partial charge in [-0.05, 0) is 54.0 Å². The van der Waals surface area contributed by atoms with Gasteiger partial charge in [0.05, 0.1) is 17.2 Å². The van der Waals surface area contributed by atoms with Crippen molar-refractivity contribution in [3.8, 4) is 0 Å². The Morgan fingerprint density at radius 3 is 2.22 bits per heavy atom. The number of pyridine rings is 1. The quantitative estimate of drug-likeness (QED) is 0.505. The Bertz CT molecular complexity index is 1010. The second-order valence-corrected chi connectivity index (χ2v) is 6.50. The van der Waals surface area contributed by atoms with Gasteiger partial charge in [-0.15, -0.1) is 0 Å². The molecular formula is C21H18N2. The van der Waals surface area contributed by atoms with Gasteiger partial charge in [0.2, 0.25) is 0 Å². The van der Waals surface area contributed by atoms with Crippen LogP contribution in [0.3, 0.4) is 0 Å². The van der Waals surface area contributed by atoms with Crippen molar-refractivity contribution in [2.75, 3.05) is 0 Å². The van der Waals surface area contributed by atoms with E-state index in [0.29, 0.717) is 0 Å². The summed E-state index contributed by atoms with van der Waals surface area (Å²) in [6.45, 7) is 0. The van der Waals surface area contributed by atoms with Gasteiger partial charge in [0.15, 0.2) is 0 Å². The monoisotopic (exact) mass is 298 g/mol. The largest absolute Gasteiger partial charge is 0.353 e. The average molecular weight is 298 g/mol. The number of hydrogen-bond acceptors (Lipinski definition) is 1. The maximum absolute atomic E-state index is 4.28. The predicted molar refractivity (Wildman–Crippen MR) is 94.9 cm³/mol. The molecule has 0 atom stereocenters. The molecule has 0 fully saturated rings. The summed E-state index contributed by atoms with van der Waals surface area (Å²) in [5, 5.41) is 2.70. The van der Waals surface area contributed by atoms with Gasteiger partial charge in [-0.3, -0.25) is 4.98 Å². The zero-order valence-corrected chi connectivity index (χ0v) is 13.0. The number of hydrogen-bond donors (Lipinski definition) is 1. The predicted octanol–water partition coefficient (Wildman–Crippen LogP) is 4.60. The Kier molecular flexibility index (Phi) is 2.77. The number of aromatic amines is 1. The lowest BCUT2D eigenvalue weighted by Gasteiger charge is -2.12. The molecule has 2 heterocycles. The van der Waals surface area contributed by atoms with E-state index >= 15 is 0 Å². The maximum Gasteiger partial charge on any atom is 0.0651 e. The minimum absolute atomic E-state index is 1.07. The van der Waals surface area contributed by atoms with E-state index < -0.39 is 0 Å². The fourth-order valence-corrected chi connectivity index (χ4v) is 3.83. The zero-order chi connectivity index (χ0) is 15.2. The van der Waals surface area contributed by atoms with Crippen LogP contribution in [0.1, 0.15) is 22.3 Å². The lowest BCUT2D eigenvalue weighted by Crippen LogP contribution is -1.99. The molecule has 4 aromatic rings. The van der Waals surface area contributed by atoms with E-state index in [-0.39, 0.29) is 0 Å². The molecule has 4 bridgehead atoms. The minimum Gasteiger partial charge on any atom is -0.353 e. The van der Waals surface area contributed by atoms with Crippen molar-refractivity contribution < 1.29 is 0 Å². The summed E-state index contributed by atoms with van der Waals surface area (Å²) in [6.07, 6.45) is 8.15. The number of aryl methyl sites for hydroxylation is 4. The van der Waals surface area contributed by atoms with E-state index in [1.807, 2.05) is 12.4 Å².